The Bertz CT molecular complexity index is 1440. The second kappa shape index (κ2) is 10.1. The van der Waals surface area contributed by atoms with E-state index in [0.29, 0.717) is 28.3 Å². The first kappa shape index (κ1) is 26.5. The van der Waals surface area contributed by atoms with Gasteiger partial charge >= 0.3 is 6.18 Å². The molecule has 0 aliphatic carbocycles. The summed E-state index contributed by atoms with van der Waals surface area (Å²) in [6.07, 6.45) is 0.227. The van der Waals surface area contributed by atoms with Gasteiger partial charge in [-0.15, -0.1) is 0 Å². The Balaban J connectivity index is 1.66. The molecule has 1 saturated heterocycles. The summed E-state index contributed by atoms with van der Waals surface area (Å²) in [5.41, 5.74) is -0.618. The fourth-order valence-electron chi connectivity index (χ4n) is 3.74. The van der Waals surface area contributed by atoms with Crippen LogP contribution in [0, 0.1) is 11.3 Å². The van der Waals surface area contributed by atoms with Crippen molar-refractivity contribution in [3.8, 4) is 23.1 Å². The minimum Gasteiger partial charge on any atom is -0.350 e. The Kier molecular flexibility index (Phi) is 7.42. The summed E-state index contributed by atoms with van der Waals surface area (Å²) in [7, 11) is -3.36. The van der Waals surface area contributed by atoms with Crippen LogP contribution in [0.5, 0.6) is 0 Å². The number of nitrogens with one attached hydrogen (secondary N) is 1. The molecule has 3 aromatic rings. The van der Waals surface area contributed by atoms with Crippen LogP contribution in [0.4, 0.5) is 19.1 Å². The fourth-order valence-corrected chi connectivity index (χ4v) is 6.11. The molecule has 1 aromatic carbocycles. The molecule has 1 aliphatic rings. The van der Waals surface area contributed by atoms with E-state index in [1.165, 1.54) is 21.4 Å². The van der Waals surface area contributed by atoms with Crippen LogP contribution in [-0.4, -0.2) is 62.5 Å². The number of sulfonamides is 1. The molecule has 0 saturated carbocycles. The van der Waals surface area contributed by atoms with Gasteiger partial charge < -0.3 is 9.88 Å². The number of halogens is 5. The fraction of sp³-hybridized carbons (Fsp3) is 0.333. The Hall–Kier alpha value is -2.54. The van der Waals surface area contributed by atoms with Crippen molar-refractivity contribution in [2.45, 2.75) is 23.5 Å². The Labute approximate surface area is 221 Å². The van der Waals surface area contributed by atoms with Gasteiger partial charge in [-0.05, 0) is 34.5 Å². The number of nitriles is 1. The minimum absolute atomic E-state index is 0.0377. The monoisotopic (exact) mass is 647 g/mol. The predicted molar refractivity (Wildman–Crippen MR) is 133 cm³/mol. The van der Waals surface area contributed by atoms with Crippen LogP contribution in [0.25, 0.3) is 17.1 Å². The van der Waals surface area contributed by atoms with Gasteiger partial charge in [-0.1, -0.05) is 22.0 Å². The number of nitrogens with zero attached hydrogens (tertiary/aromatic N) is 6. The lowest BCUT2D eigenvalue weighted by Gasteiger charge is -2.34. The number of anilines is 1. The van der Waals surface area contributed by atoms with E-state index in [1.54, 1.807) is 18.2 Å². The highest BCUT2D eigenvalue weighted by molar-refractivity contribution is 9.10. The molecule has 4 rings (SSSR count). The first-order valence-corrected chi connectivity index (χ1v) is 14.0. The molecule has 2 aromatic heterocycles. The Morgan fingerprint density at radius 2 is 2.03 bits per heavy atom. The van der Waals surface area contributed by atoms with E-state index in [0.717, 1.165) is 6.26 Å². The van der Waals surface area contributed by atoms with Crippen molar-refractivity contribution in [1.82, 2.24) is 23.8 Å². The van der Waals surface area contributed by atoms with Crippen molar-refractivity contribution >= 4 is 47.8 Å². The number of aromatic nitrogens is 4. The first-order valence-electron chi connectivity index (χ1n) is 10.4. The molecule has 3 heterocycles. The second-order valence-corrected chi connectivity index (χ2v) is 12.0. The van der Waals surface area contributed by atoms with Crippen molar-refractivity contribution in [3.05, 3.63) is 52.5 Å². The maximum atomic E-state index is 13.8. The SMILES string of the molecule is CS(=O)(=O)N1CC[C@H](Nc2ncc(C(F)(F)F)c(-c3cn(-c4cccc(C#N)c4Br)cn3)n2)[C@H](Br)C1. The molecular weight excluding hydrogens is 631 g/mol. The second-order valence-electron chi connectivity index (χ2n) is 8.05. The third kappa shape index (κ3) is 5.56. The van der Waals surface area contributed by atoms with Gasteiger partial charge in [0.2, 0.25) is 16.0 Å². The van der Waals surface area contributed by atoms with Crippen LogP contribution in [0.1, 0.15) is 17.5 Å². The molecule has 1 aliphatic heterocycles. The van der Waals surface area contributed by atoms with Gasteiger partial charge in [0.25, 0.3) is 0 Å². The molecule has 0 amide bonds. The normalized spacial score (nSPS) is 19.1. The molecule has 1 N–H and O–H groups in total. The third-order valence-electron chi connectivity index (χ3n) is 5.58. The lowest BCUT2D eigenvalue weighted by atomic mass is 10.1. The van der Waals surface area contributed by atoms with Crippen LogP contribution in [-0.2, 0) is 16.2 Å². The van der Waals surface area contributed by atoms with Crippen molar-refractivity contribution in [2.75, 3.05) is 24.7 Å². The predicted octanol–water partition coefficient (Wildman–Crippen LogP) is 4.19. The van der Waals surface area contributed by atoms with Gasteiger partial charge in [-0.3, -0.25) is 0 Å². The van der Waals surface area contributed by atoms with Crippen molar-refractivity contribution < 1.29 is 21.6 Å². The van der Waals surface area contributed by atoms with Gasteiger partial charge in [-0.2, -0.15) is 18.4 Å². The number of alkyl halides is 4. The molecule has 15 heteroatoms. The van der Waals surface area contributed by atoms with E-state index in [9.17, 15) is 26.9 Å². The third-order valence-corrected chi connectivity index (χ3v) is 8.61. The molecule has 9 nitrogen and oxygen atoms in total. The molecule has 190 valence electrons. The van der Waals surface area contributed by atoms with Crippen LogP contribution in [0.3, 0.4) is 0 Å². The maximum Gasteiger partial charge on any atom is 0.420 e. The van der Waals surface area contributed by atoms with E-state index >= 15 is 0 Å². The number of imidazole rings is 1. The highest BCUT2D eigenvalue weighted by atomic mass is 79.9. The van der Waals surface area contributed by atoms with Gasteiger partial charge in [-0.25, -0.2) is 27.7 Å². The number of piperidine rings is 1. The maximum absolute atomic E-state index is 13.8. The van der Waals surface area contributed by atoms with Crippen molar-refractivity contribution in [3.63, 3.8) is 0 Å². The summed E-state index contributed by atoms with van der Waals surface area (Å²) in [5.74, 6) is -0.0394. The molecule has 0 radical (unpaired) electrons. The van der Waals surface area contributed by atoms with E-state index in [2.05, 4.69) is 52.1 Å². The highest BCUT2D eigenvalue weighted by Gasteiger charge is 2.37. The molecule has 0 bridgehead atoms. The first-order chi connectivity index (χ1) is 16.9. The minimum atomic E-state index is -4.72. The van der Waals surface area contributed by atoms with Gasteiger partial charge in [0.1, 0.15) is 29.3 Å². The van der Waals surface area contributed by atoms with Crippen LogP contribution >= 0.6 is 31.9 Å². The number of hydrogen-bond donors (Lipinski definition) is 1. The Morgan fingerprint density at radius 1 is 1.28 bits per heavy atom. The van der Waals surface area contributed by atoms with Crippen LogP contribution < -0.4 is 5.32 Å². The summed E-state index contributed by atoms with van der Waals surface area (Å²) < 4.78 is 68.3. The zero-order valence-electron chi connectivity index (χ0n) is 18.5. The number of rotatable bonds is 5. The smallest absolute Gasteiger partial charge is 0.350 e. The lowest BCUT2D eigenvalue weighted by Crippen LogP contribution is -2.49. The van der Waals surface area contributed by atoms with Crippen LogP contribution in [0.15, 0.2) is 41.4 Å². The molecule has 0 unspecified atom stereocenters. The van der Waals surface area contributed by atoms with Gasteiger partial charge in [0.15, 0.2) is 0 Å². The zero-order chi connectivity index (χ0) is 26.3. The van der Waals surface area contributed by atoms with E-state index in [1.807, 2.05) is 6.07 Å². The number of hydrogen-bond acceptors (Lipinski definition) is 7. The van der Waals surface area contributed by atoms with Crippen LogP contribution in [0.2, 0.25) is 0 Å². The number of benzene rings is 1. The summed E-state index contributed by atoms with van der Waals surface area (Å²) in [6.45, 7) is 0.457. The highest BCUT2D eigenvalue weighted by Crippen LogP contribution is 2.36. The molecule has 36 heavy (non-hydrogen) atoms. The molecule has 0 spiro atoms. The molecular formula is C21H18Br2F3N7O2S. The largest absolute Gasteiger partial charge is 0.420 e. The summed E-state index contributed by atoms with van der Waals surface area (Å²) >= 11 is 6.80. The van der Waals surface area contributed by atoms with E-state index < -0.39 is 27.5 Å². The molecule has 1 fully saturated rings. The topological polar surface area (TPSA) is 117 Å². The molecule has 2 atom stereocenters. The lowest BCUT2D eigenvalue weighted by molar-refractivity contribution is -0.137. The zero-order valence-corrected chi connectivity index (χ0v) is 22.5. The van der Waals surface area contributed by atoms with Crippen molar-refractivity contribution in [2.24, 2.45) is 0 Å². The summed E-state index contributed by atoms with van der Waals surface area (Å²) in [6, 6.07) is 6.67. The standard InChI is InChI=1S/C21H18Br2F3N7O2S/c1-36(34,35)33-6-5-15(14(22)9-33)30-20-28-8-13(21(24,25)26)19(31-20)16-10-32(11-29-16)17-4-2-3-12(7-27)18(17)23/h2-4,8,10-11,14-15H,5-6,9H2,1H3,(H,28,30,31)/t14-,15+/m1/s1. The quantitative estimate of drug-likeness (QED) is 0.413. The summed E-state index contributed by atoms with van der Waals surface area (Å²) in [5, 5.41) is 12.3. The average molecular weight is 649 g/mol. The Morgan fingerprint density at radius 3 is 2.67 bits per heavy atom. The average Bonchev–Trinajstić information content (AvgIpc) is 3.29. The van der Waals surface area contributed by atoms with E-state index in [4.69, 9.17) is 0 Å². The van der Waals surface area contributed by atoms with Gasteiger partial charge in [0, 0.05) is 36.4 Å². The van der Waals surface area contributed by atoms with Crippen molar-refractivity contribution in [1.29, 1.82) is 5.26 Å². The van der Waals surface area contributed by atoms with E-state index in [-0.39, 0.29) is 35.6 Å². The summed E-state index contributed by atoms with van der Waals surface area (Å²) in [4.78, 5) is 11.8. The van der Waals surface area contributed by atoms with Gasteiger partial charge in [0.05, 0.1) is 22.0 Å².